The van der Waals surface area contributed by atoms with Gasteiger partial charge in [0.1, 0.15) is 0 Å². The van der Waals surface area contributed by atoms with Crippen molar-refractivity contribution in [3.05, 3.63) is 29.8 Å². The van der Waals surface area contributed by atoms with Crippen LogP contribution in [0.15, 0.2) is 24.3 Å². The molecule has 34 heavy (non-hydrogen) atoms. The predicted octanol–water partition coefficient (Wildman–Crippen LogP) is 6.93. The molecular formula is C29H49N3O2. The van der Waals surface area contributed by atoms with Crippen molar-refractivity contribution >= 4 is 17.5 Å². The van der Waals surface area contributed by atoms with E-state index >= 15 is 0 Å². The molecule has 1 fully saturated rings. The minimum absolute atomic E-state index is 0.0380. The van der Waals surface area contributed by atoms with E-state index in [4.69, 9.17) is 0 Å². The fourth-order valence-corrected chi connectivity index (χ4v) is 4.65. The van der Waals surface area contributed by atoms with Crippen molar-refractivity contribution in [2.45, 2.75) is 110 Å². The highest BCUT2D eigenvalue weighted by atomic mass is 16.2. The Labute approximate surface area is 208 Å². The molecule has 5 nitrogen and oxygen atoms in total. The van der Waals surface area contributed by atoms with Crippen molar-refractivity contribution in [2.75, 3.05) is 31.5 Å². The molecule has 1 heterocycles. The zero-order chi connectivity index (χ0) is 24.3. The molecule has 5 heteroatoms. The van der Waals surface area contributed by atoms with E-state index in [1.807, 2.05) is 17.0 Å². The van der Waals surface area contributed by atoms with Crippen LogP contribution < -0.4 is 10.6 Å². The molecule has 1 aromatic rings. The Morgan fingerprint density at radius 2 is 1.24 bits per heavy atom. The second-order valence-corrected chi connectivity index (χ2v) is 9.90. The smallest absolute Gasteiger partial charge is 0.253 e. The first-order valence-electron chi connectivity index (χ1n) is 14.1. The highest BCUT2D eigenvalue weighted by Gasteiger charge is 2.19. The highest BCUT2D eigenvalue weighted by molar-refractivity contribution is 5.96. The molecule has 2 N–H and O–H groups in total. The van der Waals surface area contributed by atoms with Gasteiger partial charge < -0.3 is 15.5 Å². The number of hydrogen-bond acceptors (Lipinski definition) is 3. The first kappa shape index (κ1) is 28.4. The van der Waals surface area contributed by atoms with E-state index < -0.39 is 0 Å². The van der Waals surface area contributed by atoms with Gasteiger partial charge in [-0.2, -0.15) is 0 Å². The fourth-order valence-electron chi connectivity index (χ4n) is 4.65. The third kappa shape index (κ3) is 12.5. The lowest BCUT2D eigenvalue weighted by Crippen LogP contribution is -2.29. The van der Waals surface area contributed by atoms with E-state index in [-0.39, 0.29) is 11.8 Å². The zero-order valence-corrected chi connectivity index (χ0v) is 21.7. The lowest BCUT2D eigenvalue weighted by molar-refractivity contribution is -0.115. The second kappa shape index (κ2) is 18.4. The summed E-state index contributed by atoms with van der Waals surface area (Å²) >= 11 is 0. The normalized spacial score (nSPS) is 13.4. The average Bonchev–Trinajstić information content (AvgIpc) is 3.39. The molecular weight excluding hydrogens is 422 g/mol. The van der Waals surface area contributed by atoms with Gasteiger partial charge in [-0.25, -0.2) is 0 Å². The van der Waals surface area contributed by atoms with Crippen molar-refractivity contribution < 1.29 is 9.59 Å². The van der Waals surface area contributed by atoms with Crippen LogP contribution in [0.25, 0.3) is 0 Å². The van der Waals surface area contributed by atoms with Crippen LogP contribution in [0.4, 0.5) is 5.69 Å². The molecule has 0 bridgehead atoms. The second-order valence-electron chi connectivity index (χ2n) is 9.90. The Morgan fingerprint density at radius 1 is 0.735 bits per heavy atom. The number of benzene rings is 1. The van der Waals surface area contributed by atoms with E-state index in [2.05, 4.69) is 17.6 Å². The van der Waals surface area contributed by atoms with Crippen LogP contribution >= 0.6 is 0 Å². The Bertz CT molecular complexity index is 668. The van der Waals surface area contributed by atoms with Gasteiger partial charge in [0.2, 0.25) is 5.91 Å². The molecule has 0 aromatic heterocycles. The van der Waals surface area contributed by atoms with Crippen molar-refractivity contribution in [3.8, 4) is 0 Å². The number of carbonyl (C=O) groups excluding carboxylic acids is 2. The van der Waals surface area contributed by atoms with Gasteiger partial charge in [0.25, 0.3) is 5.91 Å². The molecule has 0 unspecified atom stereocenters. The molecule has 1 aliphatic heterocycles. The van der Waals surface area contributed by atoms with Crippen molar-refractivity contribution in [1.29, 1.82) is 0 Å². The highest BCUT2D eigenvalue weighted by Crippen LogP contribution is 2.16. The van der Waals surface area contributed by atoms with Gasteiger partial charge >= 0.3 is 0 Å². The number of amides is 2. The summed E-state index contributed by atoms with van der Waals surface area (Å²) in [5, 5.41) is 6.15. The molecule has 1 saturated heterocycles. The van der Waals surface area contributed by atoms with Crippen LogP contribution in [0.3, 0.4) is 0 Å². The summed E-state index contributed by atoms with van der Waals surface area (Å²) < 4.78 is 0. The molecule has 0 saturated carbocycles. The van der Waals surface area contributed by atoms with Crippen molar-refractivity contribution in [1.82, 2.24) is 10.2 Å². The maximum absolute atomic E-state index is 12.4. The minimum Gasteiger partial charge on any atom is -0.339 e. The maximum atomic E-state index is 12.4. The van der Waals surface area contributed by atoms with E-state index in [1.165, 1.54) is 83.5 Å². The Hall–Kier alpha value is -1.88. The first-order valence-corrected chi connectivity index (χ1v) is 14.1. The van der Waals surface area contributed by atoms with Crippen LogP contribution in [0.1, 0.15) is 120 Å². The van der Waals surface area contributed by atoms with E-state index in [1.54, 1.807) is 12.1 Å². The standard InChI is InChI=1S/C29H49N3O2/c1-2-3-4-5-6-7-8-9-10-11-12-13-14-15-22-30-25-28(33)31-27-20-18-26(19-21-27)29(34)32-23-16-17-24-32/h18-21,30H,2-17,22-25H2,1H3,(H,31,33). The molecule has 0 radical (unpaired) electrons. The number of carbonyl (C=O) groups is 2. The summed E-state index contributed by atoms with van der Waals surface area (Å²) in [7, 11) is 0. The molecule has 2 rings (SSSR count). The van der Waals surface area contributed by atoms with E-state index in [0.29, 0.717) is 12.1 Å². The molecule has 1 aromatic carbocycles. The van der Waals surface area contributed by atoms with Gasteiger partial charge in [-0.3, -0.25) is 9.59 Å². The number of unbranched alkanes of at least 4 members (excludes halogenated alkanes) is 13. The van der Waals surface area contributed by atoms with Crippen LogP contribution in [0, 0.1) is 0 Å². The topological polar surface area (TPSA) is 61.4 Å². The number of anilines is 1. The summed E-state index contributed by atoms with van der Waals surface area (Å²) in [4.78, 5) is 26.4. The lowest BCUT2D eigenvalue weighted by Gasteiger charge is -2.15. The quantitative estimate of drug-likeness (QED) is 0.215. The third-order valence-electron chi connectivity index (χ3n) is 6.80. The fraction of sp³-hybridized carbons (Fsp3) is 0.724. The molecule has 0 spiro atoms. The largest absolute Gasteiger partial charge is 0.339 e. The average molecular weight is 472 g/mol. The number of likely N-dealkylation sites (tertiary alicyclic amines) is 1. The SMILES string of the molecule is CCCCCCCCCCCCCCCCNCC(=O)Nc1ccc(C(=O)N2CCCC2)cc1. The summed E-state index contributed by atoms with van der Waals surface area (Å²) in [5.74, 6) is 0.0502. The van der Waals surface area contributed by atoms with Gasteiger partial charge in [-0.15, -0.1) is 0 Å². The van der Waals surface area contributed by atoms with E-state index in [9.17, 15) is 9.59 Å². The minimum atomic E-state index is -0.0380. The Kier molecular flexibility index (Phi) is 15.4. The molecule has 192 valence electrons. The molecule has 0 atom stereocenters. The Balaban J connectivity index is 1.39. The molecule has 0 aliphatic carbocycles. The molecule has 1 aliphatic rings. The summed E-state index contributed by atoms with van der Waals surface area (Å²) in [6, 6.07) is 7.24. The summed E-state index contributed by atoms with van der Waals surface area (Å²) in [6.07, 6.45) is 21.2. The molecule has 2 amide bonds. The van der Waals surface area contributed by atoms with Crippen LogP contribution in [-0.4, -0.2) is 42.9 Å². The maximum Gasteiger partial charge on any atom is 0.253 e. The van der Waals surface area contributed by atoms with Gasteiger partial charge in [-0.05, 0) is 50.1 Å². The predicted molar refractivity (Wildman–Crippen MR) is 143 cm³/mol. The van der Waals surface area contributed by atoms with Crippen molar-refractivity contribution in [2.24, 2.45) is 0 Å². The first-order chi connectivity index (χ1) is 16.7. The van der Waals surface area contributed by atoms with E-state index in [0.717, 1.165) is 44.6 Å². The third-order valence-corrected chi connectivity index (χ3v) is 6.80. The monoisotopic (exact) mass is 471 g/mol. The van der Waals surface area contributed by atoms with Crippen molar-refractivity contribution in [3.63, 3.8) is 0 Å². The van der Waals surface area contributed by atoms with Crippen LogP contribution in [-0.2, 0) is 4.79 Å². The summed E-state index contributed by atoms with van der Waals surface area (Å²) in [5.41, 5.74) is 1.43. The van der Waals surface area contributed by atoms with Crippen LogP contribution in [0.2, 0.25) is 0 Å². The zero-order valence-electron chi connectivity index (χ0n) is 21.7. The van der Waals surface area contributed by atoms with Crippen LogP contribution in [0.5, 0.6) is 0 Å². The number of nitrogens with one attached hydrogen (secondary N) is 2. The summed E-state index contributed by atoms with van der Waals surface area (Å²) in [6.45, 7) is 5.19. The van der Waals surface area contributed by atoms with Gasteiger partial charge in [0.05, 0.1) is 6.54 Å². The van der Waals surface area contributed by atoms with Gasteiger partial charge in [0, 0.05) is 24.3 Å². The lowest BCUT2D eigenvalue weighted by atomic mass is 10.0. The van der Waals surface area contributed by atoms with Gasteiger partial charge in [0.15, 0.2) is 0 Å². The Morgan fingerprint density at radius 3 is 1.76 bits per heavy atom. The van der Waals surface area contributed by atoms with Gasteiger partial charge in [-0.1, -0.05) is 90.4 Å². The number of rotatable bonds is 19. The number of hydrogen-bond donors (Lipinski definition) is 2. The number of nitrogens with zero attached hydrogens (tertiary/aromatic N) is 1.